The normalized spacial score (nSPS) is 10.1. The molecule has 0 atom stereocenters. The molecule has 0 unspecified atom stereocenters. The highest BCUT2D eigenvalue weighted by molar-refractivity contribution is 7.17. The van der Waals surface area contributed by atoms with Crippen LogP contribution in [0.4, 0.5) is 5.13 Å². The summed E-state index contributed by atoms with van der Waals surface area (Å²) in [5.41, 5.74) is 9.08. The van der Waals surface area contributed by atoms with Gasteiger partial charge in [-0.2, -0.15) is 0 Å². The van der Waals surface area contributed by atoms with Crippen LogP contribution < -0.4 is 17.0 Å². The molecule has 1 amide bonds. The lowest BCUT2D eigenvalue weighted by atomic mass is 10.1. The molecule has 5 N–H and O–H groups in total. The van der Waals surface area contributed by atoms with Crippen molar-refractivity contribution in [1.82, 2.24) is 10.4 Å². The fraction of sp³-hybridized carbons (Fsp3) is 0. The number of carbonyl (C=O) groups is 1. The van der Waals surface area contributed by atoms with Crippen molar-refractivity contribution in [3.8, 4) is 11.3 Å². The van der Waals surface area contributed by atoms with E-state index in [4.69, 9.17) is 11.6 Å². The smallest absolute Gasteiger partial charge is 0.277 e. The van der Waals surface area contributed by atoms with Crippen LogP contribution in [0.3, 0.4) is 0 Å². The van der Waals surface area contributed by atoms with E-state index in [0.717, 1.165) is 16.9 Å². The van der Waals surface area contributed by atoms with Crippen molar-refractivity contribution >= 4 is 22.4 Å². The third-order valence-corrected chi connectivity index (χ3v) is 2.91. The molecular weight excluding hydrogens is 224 g/mol. The van der Waals surface area contributed by atoms with Gasteiger partial charge < -0.3 is 5.73 Å². The summed E-state index contributed by atoms with van der Waals surface area (Å²) in [7, 11) is 0. The van der Waals surface area contributed by atoms with Crippen molar-refractivity contribution in [2.24, 2.45) is 5.84 Å². The van der Waals surface area contributed by atoms with E-state index in [-0.39, 0.29) is 5.91 Å². The van der Waals surface area contributed by atoms with Crippen LogP contribution in [0.2, 0.25) is 0 Å². The van der Waals surface area contributed by atoms with Crippen molar-refractivity contribution in [3.63, 3.8) is 0 Å². The van der Waals surface area contributed by atoms with Gasteiger partial charge >= 0.3 is 0 Å². The second-order valence-corrected chi connectivity index (χ2v) is 4.10. The van der Waals surface area contributed by atoms with Gasteiger partial charge in [0.15, 0.2) is 5.13 Å². The van der Waals surface area contributed by atoms with E-state index in [1.54, 1.807) is 0 Å². The first kappa shape index (κ1) is 10.6. The van der Waals surface area contributed by atoms with E-state index in [1.807, 2.05) is 30.3 Å². The molecule has 2 rings (SSSR count). The minimum Gasteiger partial charge on any atom is -0.375 e. The number of rotatable bonds is 2. The van der Waals surface area contributed by atoms with Crippen LogP contribution in [0.1, 0.15) is 9.67 Å². The molecule has 0 aliphatic heterocycles. The Morgan fingerprint density at radius 2 is 2.00 bits per heavy atom. The summed E-state index contributed by atoms with van der Waals surface area (Å²) in [5.74, 6) is 4.72. The zero-order chi connectivity index (χ0) is 11.5. The predicted molar refractivity (Wildman–Crippen MR) is 63.6 cm³/mol. The first-order valence-corrected chi connectivity index (χ1v) is 5.36. The maximum Gasteiger partial charge on any atom is 0.277 e. The number of thiazole rings is 1. The van der Waals surface area contributed by atoms with E-state index >= 15 is 0 Å². The van der Waals surface area contributed by atoms with Gasteiger partial charge in [0.2, 0.25) is 0 Å². The summed E-state index contributed by atoms with van der Waals surface area (Å²) in [6, 6.07) is 9.36. The molecule has 1 heterocycles. The Morgan fingerprint density at radius 3 is 2.62 bits per heavy atom. The summed E-state index contributed by atoms with van der Waals surface area (Å²) in [6.45, 7) is 0. The minimum absolute atomic E-state index is 0.345. The van der Waals surface area contributed by atoms with Crippen LogP contribution in [0.15, 0.2) is 30.3 Å². The Balaban J connectivity index is 2.53. The number of aromatic nitrogens is 1. The topological polar surface area (TPSA) is 94.0 Å². The molecule has 5 nitrogen and oxygen atoms in total. The monoisotopic (exact) mass is 234 g/mol. The van der Waals surface area contributed by atoms with Crippen molar-refractivity contribution in [3.05, 3.63) is 35.2 Å². The molecule has 0 saturated heterocycles. The molecule has 0 aliphatic rings. The van der Waals surface area contributed by atoms with Gasteiger partial charge in [-0.25, -0.2) is 10.8 Å². The lowest BCUT2D eigenvalue weighted by Crippen LogP contribution is -2.29. The van der Waals surface area contributed by atoms with Crippen molar-refractivity contribution in [1.29, 1.82) is 0 Å². The Bertz CT molecular complexity index is 509. The van der Waals surface area contributed by atoms with Gasteiger partial charge in [0, 0.05) is 5.56 Å². The molecule has 6 heteroatoms. The molecule has 82 valence electrons. The zero-order valence-electron chi connectivity index (χ0n) is 8.31. The molecule has 2 aromatic rings. The maximum atomic E-state index is 11.5. The van der Waals surface area contributed by atoms with Gasteiger partial charge in [-0.15, -0.1) is 0 Å². The fourth-order valence-corrected chi connectivity index (χ4v) is 2.11. The Hall–Kier alpha value is -1.92. The number of benzene rings is 1. The summed E-state index contributed by atoms with van der Waals surface area (Å²) >= 11 is 1.12. The lowest BCUT2D eigenvalue weighted by Gasteiger charge is -2.00. The standard InChI is InChI=1S/C10H10N4OS/c11-10-13-7(6-4-2-1-3-5-6)8(16-10)9(15)14-12/h1-5H,12H2,(H2,11,13)(H,14,15). The number of nitrogens with one attached hydrogen (secondary N) is 1. The quantitative estimate of drug-likeness (QED) is 0.410. The van der Waals surface area contributed by atoms with Crippen molar-refractivity contribution in [2.45, 2.75) is 0 Å². The molecular formula is C10H10N4OS. The third kappa shape index (κ3) is 1.88. The highest BCUT2D eigenvalue weighted by atomic mass is 32.1. The summed E-state index contributed by atoms with van der Waals surface area (Å²) in [6.07, 6.45) is 0. The number of hydrazine groups is 1. The predicted octanol–water partition coefficient (Wildman–Crippen LogP) is 0.996. The van der Waals surface area contributed by atoms with E-state index in [0.29, 0.717) is 15.7 Å². The molecule has 1 aromatic heterocycles. The van der Waals surface area contributed by atoms with Gasteiger partial charge in [-0.1, -0.05) is 41.7 Å². The van der Waals surface area contributed by atoms with Crippen LogP contribution in [0.25, 0.3) is 11.3 Å². The van der Waals surface area contributed by atoms with Gasteiger partial charge in [0.1, 0.15) is 4.88 Å². The highest BCUT2D eigenvalue weighted by Gasteiger charge is 2.17. The number of nitrogen functional groups attached to an aromatic ring is 2. The molecule has 0 spiro atoms. The molecule has 0 aliphatic carbocycles. The number of hydrogen-bond acceptors (Lipinski definition) is 5. The van der Waals surface area contributed by atoms with E-state index in [9.17, 15) is 4.79 Å². The van der Waals surface area contributed by atoms with Crippen molar-refractivity contribution in [2.75, 3.05) is 5.73 Å². The first-order chi connectivity index (χ1) is 7.72. The van der Waals surface area contributed by atoms with Crippen LogP contribution in [0, 0.1) is 0 Å². The number of amides is 1. The van der Waals surface area contributed by atoms with E-state index in [2.05, 4.69) is 10.4 Å². The molecule has 16 heavy (non-hydrogen) atoms. The summed E-state index contributed by atoms with van der Waals surface area (Å²) < 4.78 is 0. The number of nitrogens with zero attached hydrogens (tertiary/aromatic N) is 1. The Morgan fingerprint density at radius 1 is 1.31 bits per heavy atom. The number of hydrogen-bond donors (Lipinski definition) is 3. The Kier molecular flexibility index (Phi) is 2.84. The average Bonchev–Trinajstić information content (AvgIpc) is 2.71. The third-order valence-electron chi connectivity index (χ3n) is 2.03. The fourth-order valence-electron chi connectivity index (χ4n) is 1.35. The second-order valence-electron chi connectivity index (χ2n) is 3.07. The average molecular weight is 234 g/mol. The van der Waals surface area contributed by atoms with Gasteiger partial charge in [0.05, 0.1) is 5.69 Å². The van der Waals surface area contributed by atoms with Gasteiger partial charge in [0.25, 0.3) is 5.91 Å². The maximum absolute atomic E-state index is 11.5. The zero-order valence-corrected chi connectivity index (χ0v) is 9.12. The van der Waals surface area contributed by atoms with Crippen LogP contribution in [0.5, 0.6) is 0 Å². The first-order valence-electron chi connectivity index (χ1n) is 4.55. The molecule has 0 fully saturated rings. The lowest BCUT2D eigenvalue weighted by molar-refractivity contribution is 0.0958. The largest absolute Gasteiger partial charge is 0.375 e. The second kappa shape index (κ2) is 4.30. The van der Waals surface area contributed by atoms with Gasteiger partial charge in [-0.05, 0) is 0 Å². The van der Waals surface area contributed by atoms with E-state index < -0.39 is 0 Å². The van der Waals surface area contributed by atoms with Crippen LogP contribution in [-0.2, 0) is 0 Å². The van der Waals surface area contributed by atoms with Gasteiger partial charge in [-0.3, -0.25) is 10.2 Å². The molecule has 0 radical (unpaired) electrons. The van der Waals surface area contributed by atoms with Crippen LogP contribution in [-0.4, -0.2) is 10.9 Å². The molecule has 0 bridgehead atoms. The van der Waals surface area contributed by atoms with Crippen LogP contribution >= 0.6 is 11.3 Å². The number of anilines is 1. The number of carbonyl (C=O) groups excluding carboxylic acids is 1. The highest BCUT2D eigenvalue weighted by Crippen LogP contribution is 2.29. The van der Waals surface area contributed by atoms with E-state index in [1.165, 1.54) is 0 Å². The van der Waals surface area contributed by atoms with Crippen molar-refractivity contribution < 1.29 is 4.79 Å². The Labute approximate surface area is 96.1 Å². The number of nitrogens with two attached hydrogens (primary N) is 2. The SMILES string of the molecule is NNC(=O)c1sc(N)nc1-c1ccccc1. The minimum atomic E-state index is -0.381. The summed E-state index contributed by atoms with van der Waals surface area (Å²) in [4.78, 5) is 16.1. The molecule has 1 aromatic carbocycles. The molecule has 0 saturated carbocycles. The summed E-state index contributed by atoms with van der Waals surface area (Å²) in [5, 5.41) is 0.345.